The van der Waals surface area contributed by atoms with Crippen LogP contribution >= 0.6 is 12.2 Å². The fourth-order valence-corrected chi connectivity index (χ4v) is 2.35. The molecule has 0 aliphatic rings. The average molecular weight is 303 g/mol. The van der Waals surface area contributed by atoms with Gasteiger partial charge in [0.2, 0.25) is 0 Å². The molecule has 4 nitrogen and oxygen atoms in total. The minimum atomic E-state index is -0.192. The summed E-state index contributed by atoms with van der Waals surface area (Å²) in [6, 6.07) is 8.16. The maximum atomic E-state index is 5.95. The fraction of sp³-hybridized carbons (Fsp3) is 0.375. The summed E-state index contributed by atoms with van der Waals surface area (Å²) in [6.45, 7) is 10.7. The SMILES string of the molecule is C=CCn1c(C(C)Oc2ccc(C(C)C)cc2)n[nH]c1=S. The molecular formula is C16H21N3OS. The van der Waals surface area contributed by atoms with E-state index in [-0.39, 0.29) is 6.10 Å². The minimum Gasteiger partial charge on any atom is -0.483 e. The lowest BCUT2D eigenvalue weighted by molar-refractivity contribution is 0.211. The second kappa shape index (κ2) is 6.72. The third kappa shape index (κ3) is 3.61. The molecule has 0 fully saturated rings. The molecule has 2 rings (SSSR count). The van der Waals surface area contributed by atoms with E-state index >= 15 is 0 Å². The number of aromatic nitrogens is 3. The van der Waals surface area contributed by atoms with Crippen molar-refractivity contribution in [2.24, 2.45) is 0 Å². The fourth-order valence-electron chi connectivity index (χ4n) is 2.13. The molecule has 1 unspecified atom stereocenters. The lowest BCUT2D eigenvalue weighted by atomic mass is 10.0. The van der Waals surface area contributed by atoms with E-state index in [0.29, 0.717) is 17.2 Å². The maximum Gasteiger partial charge on any atom is 0.195 e. The molecule has 0 saturated heterocycles. The first-order valence-electron chi connectivity index (χ1n) is 7.05. The zero-order valence-corrected chi connectivity index (χ0v) is 13.5. The number of aromatic amines is 1. The van der Waals surface area contributed by atoms with E-state index in [9.17, 15) is 0 Å². The van der Waals surface area contributed by atoms with Crippen LogP contribution in [0.3, 0.4) is 0 Å². The first kappa shape index (κ1) is 15.5. The molecule has 0 saturated carbocycles. The summed E-state index contributed by atoms with van der Waals surface area (Å²) in [7, 11) is 0. The van der Waals surface area contributed by atoms with Gasteiger partial charge in [0.05, 0.1) is 0 Å². The maximum absolute atomic E-state index is 5.95. The van der Waals surface area contributed by atoms with Crippen molar-refractivity contribution >= 4 is 12.2 Å². The number of hydrogen-bond donors (Lipinski definition) is 1. The van der Waals surface area contributed by atoms with Crippen LogP contribution < -0.4 is 4.74 Å². The summed E-state index contributed by atoms with van der Waals surface area (Å²) in [5, 5.41) is 7.05. The van der Waals surface area contributed by atoms with Crippen molar-refractivity contribution < 1.29 is 4.74 Å². The van der Waals surface area contributed by atoms with Gasteiger partial charge < -0.3 is 4.74 Å². The van der Waals surface area contributed by atoms with Crippen LogP contribution in [0.25, 0.3) is 0 Å². The Kier molecular flexibility index (Phi) is 4.96. The summed E-state index contributed by atoms with van der Waals surface area (Å²) < 4.78 is 8.42. The molecule has 0 aliphatic heterocycles. The number of ether oxygens (including phenoxy) is 1. The van der Waals surface area contributed by atoms with Gasteiger partial charge in [-0.1, -0.05) is 32.1 Å². The lowest BCUT2D eigenvalue weighted by Gasteiger charge is -2.15. The van der Waals surface area contributed by atoms with E-state index in [1.165, 1.54) is 5.56 Å². The molecule has 2 aromatic rings. The van der Waals surface area contributed by atoms with E-state index in [4.69, 9.17) is 17.0 Å². The minimum absolute atomic E-state index is 0.192. The Hall–Kier alpha value is -1.88. The highest BCUT2D eigenvalue weighted by Crippen LogP contribution is 2.23. The number of rotatable bonds is 6. The first-order chi connectivity index (χ1) is 10.0. The number of benzene rings is 1. The van der Waals surface area contributed by atoms with Gasteiger partial charge in [0, 0.05) is 6.54 Å². The van der Waals surface area contributed by atoms with Crippen LogP contribution in [0.5, 0.6) is 5.75 Å². The van der Waals surface area contributed by atoms with Crippen molar-refractivity contribution in [1.82, 2.24) is 14.8 Å². The predicted molar refractivity (Wildman–Crippen MR) is 87.2 cm³/mol. The van der Waals surface area contributed by atoms with Crippen LogP contribution in [0.1, 0.15) is 44.2 Å². The third-order valence-corrected chi connectivity index (χ3v) is 3.63. The normalized spacial score (nSPS) is 12.4. The molecule has 1 aromatic heterocycles. The Morgan fingerprint density at radius 2 is 2.00 bits per heavy atom. The van der Waals surface area contributed by atoms with Gasteiger partial charge in [0.25, 0.3) is 0 Å². The number of H-pyrrole nitrogens is 1. The molecule has 21 heavy (non-hydrogen) atoms. The first-order valence-corrected chi connectivity index (χ1v) is 7.46. The average Bonchev–Trinajstić information content (AvgIpc) is 2.81. The zero-order valence-electron chi connectivity index (χ0n) is 12.7. The van der Waals surface area contributed by atoms with Gasteiger partial charge in [0.15, 0.2) is 16.7 Å². The van der Waals surface area contributed by atoms with Gasteiger partial charge in [-0.15, -0.1) is 6.58 Å². The standard InChI is InChI=1S/C16H21N3OS/c1-5-10-19-15(17-18-16(19)21)12(4)20-14-8-6-13(7-9-14)11(2)3/h5-9,11-12H,1,10H2,2-4H3,(H,18,21). The van der Waals surface area contributed by atoms with E-state index in [2.05, 4.69) is 42.8 Å². The van der Waals surface area contributed by atoms with Crippen molar-refractivity contribution in [2.75, 3.05) is 0 Å². The van der Waals surface area contributed by atoms with Gasteiger partial charge >= 0.3 is 0 Å². The monoisotopic (exact) mass is 303 g/mol. The van der Waals surface area contributed by atoms with E-state index in [0.717, 1.165) is 11.6 Å². The molecule has 0 bridgehead atoms. The highest BCUT2D eigenvalue weighted by Gasteiger charge is 2.15. The molecule has 0 spiro atoms. The largest absolute Gasteiger partial charge is 0.483 e. The van der Waals surface area contributed by atoms with Crippen molar-refractivity contribution in [2.45, 2.75) is 39.3 Å². The van der Waals surface area contributed by atoms with E-state index < -0.39 is 0 Å². The Bertz CT molecular complexity index is 655. The van der Waals surface area contributed by atoms with Crippen LogP contribution in [0.2, 0.25) is 0 Å². The predicted octanol–water partition coefficient (Wildman–Crippen LogP) is 4.39. The number of nitrogens with zero attached hydrogens (tertiary/aromatic N) is 2. The van der Waals surface area contributed by atoms with Crippen molar-refractivity contribution in [3.8, 4) is 5.75 Å². The molecule has 5 heteroatoms. The van der Waals surface area contributed by atoms with Gasteiger partial charge in [-0.25, -0.2) is 0 Å². The van der Waals surface area contributed by atoms with Crippen molar-refractivity contribution in [3.63, 3.8) is 0 Å². The van der Waals surface area contributed by atoms with Crippen LogP contribution in [0, 0.1) is 4.77 Å². The molecule has 0 aliphatic carbocycles. The van der Waals surface area contributed by atoms with Crippen LogP contribution in [-0.4, -0.2) is 14.8 Å². The quantitative estimate of drug-likeness (QED) is 0.635. The number of allylic oxidation sites excluding steroid dienone is 1. The Labute approximate surface area is 130 Å². The van der Waals surface area contributed by atoms with E-state index in [1.54, 1.807) is 6.08 Å². The Balaban J connectivity index is 2.16. The van der Waals surface area contributed by atoms with Crippen LogP contribution in [-0.2, 0) is 6.54 Å². The molecule has 1 aromatic carbocycles. The second-order valence-corrected chi connectivity index (χ2v) is 5.66. The summed E-state index contributed by atoms with van der Waals surface area (Å²) in [5.74, 6) is 2.11. The van der Waals surface area contributed by atoms with Gasteiger partial charge in [-0.05, 0) is 42.8 Å². The van der Waals surface area contributed by atoms with E-state index in [1.807, 2.05) is 23.6 Å². The van der Waals surface area contributed by atoms with Crippen LogP contribution in [0.15, 0.2) is 36.9 Å². The molecule has 112 valence electrons. The van der Waals surface area contributed by atoms with Crippen molar-refractivity contribution in [1.29, 1.82) is 0 Å². The zero-order chi connectivity index (χ0) is 15.4. The third-order valence-electron chi connectivity index (χ3n) is 3.32. The molecule has 1 atom stereocenters. The summed E-state index contributed by atoms with van der Waals surface area (Å²) in [5.41, 5.74) is 1.30. The summed E-state index contributed by atoms with van der Waals surface area (Å²) in [6.07, 6.45) is 1.60. The summed E-state index contributed by atoms with van der Waals surface area (Å²) >= 11 is 5.21. The van der Waals surface area contributed by atoms with Crippen molar-refractivity contribution in [3.05, 3.63) is 53.1 Å². The lowest BCUT2D eigenvalue weighted by Crippen LogP contribution is -2.11. The Morgan fingerprint density at radius 3 is 2.57 bits per heavy atom. The van der Waals surface area contributed by atoms with Gasteiger partial charge in [-0.2, -0.15) is 5.10 Å². The molecular weight excluding hydrogens is 282 g/mol. The molecule has 0 radical (unpaired) electrons. The molecule has 0 amide bonds. The van der Waals surface area contributed by atoms with Gasteiger partial charge in [0.1, 0.15) is 5.75 Å². The molecule has 1 N–H and O–H groups in total. The van der Waals surface area contributed by atoms with Gasteiger partial charge in [-0.3, -0.25) is 9.67 Å². The Morgan fingerprint density at radius 1 is 1.33 bits per heavy atom. The highest BCUT2D eigenvalue weighted by atomic mass is 32.1. The van der Waals surface area contributed by atoms with Crippen LogP contribution in [0.4, 0.5) is 0 Å². The summed E-state index contributed by atoms with van der Waals surface area (Å²) in [4.78, 5) is 0. The highest BCUT2D eigenvalue weighted by molar-refractivity contribution is 7.71. The second-order valence-electron chi connectivity index (χ2n) is 5.27. The topological polar surface area (TPSA) is 42.8 Å². The molecule has 1 heterocycles. The number of nitrogens with one attached hydrogen (secondary N) is 1. The smallest absolute Gasteiger partial charge is 0.195 e. The number of hydrogen-bond acceptors (Lipinski definition) is 3.